The first kappa shape index (κ1) is 5.02. The van der Waals surface area contributed by atoms with Crippen molar-refractivity contribution in [2.75, 3.05) is 0 Å². The van der Waals surface area contributed by atoms with E-state index in [0.717, 1.165) is 11.5 Å². The highest BCUT2D eigenvalue weighted by atomic mass is 32.1. The zero-order valence-corrected chi connectivity index (χ0v) is 4.54. The van der Waals surface area contributed by atoms with Crippen LogP contribution in [0.2, 0.25) is 0 Å². The summed E-state index contributed by atoms with van der Waals surface area (Å²) in [5.74, 6) is 0. The van der Waals surface area contributed by atoms with Gasteiger partial charge in [0.05, 0.1) is 6.20 Å². The van der Waals surface area contributed by atoms with E-state index in [4.69, 9.17) is 5.53 Å². The highest BCUT2D eigenvalue weighted by Crippen LogP contribution is 2.12. The first-order valence-corrected chi connectivity index (χ1v) is 2.53. The van der Waals surface area contributed by atoms with Crippen molar-refractivity contribution in [3.8, 4) is 0 Å². The third kappa shape index (κ3) is 0.927. The molecule has 0 aromatic carbocycles. The van der Waals surface area contributed by atoms with Gasteiger partial charge in [0.2, 0.25) is 0 Å². The van der Waals surface area contributed by atoms with Crippen LogP contribution in [0.4, 0.5) is 5.00 Å². The maximum Gasteiger partial charge on any atom is 0.131 e. The lowest BCUT2D eigenvalue weighted by Crippen LogP contribution is -1.51. The Balaban J connectivity index is 2.93. The smallest absolute Gasteiger partial charge is 0.131 e. The molecule has 0 aliphatic heterocycles. The average Bonchev–Trinajstić information content (AvgIpc) is 2.19. The van der Waals surface area contributed by atoms with Crippen LogP contribution in [0.1, 0.15) is 0 Å². The van der Waals surface area contributed by atoms with Gasteiger partial charge in [-0.25, -0.2) is 0 Å². The molecule has 0 radical (unpaired) electrons. The van der Waals surface area contributed by atoms with Gasteiger partial charge < -0.3 is 0 Å². The summed E-state index contributed by atoms with van der Waals surface area (Å²) < 4.78 is 3.47. The Morgan fingerprint density at radius 3 is 3.25 bits per heavy atom. The zero-order valence-electron chi connectivity index (χ0n) is 3.72. The van der Waals surface area contributed by atoms with Crippen LogP contribution in [-0.2, 0) is 0 Å². The van der Waals surface area contributed by atoms with E-state index in [9.17, 15) is 0 Å². The lowest BCUT2D eigenvalue weighted by molar-refractivity contribution is 1.15. The minimum atomic E-state index is 0.493. The minimum absolute atomic E-state index is 0.493. The number of nitrogens with zero attached hydrogens (tertiary/aromatic N) is 5. The number of aromatic nitrogens is 2. The van der Waals surface area contributed by atoms with Crippen molar-refractivity contribution in [2.24, 2.45) is 5.11 Å². The van der Waals surface area contributed by atoms with Gasteiger partial charge in [-0.3, -0.25) is 0 Å². The predicted molar refractivity (Wildman–Crippen MR) is 28.7 cm³/mol. The molecule has 0 amide bonds. The molecule has 5 nitrogen and oxygen atoms in total. The van der Waals surface area contributed by atoms with Crippen molar-refractivity contribution in [3.05, 3.63) is 16.6 Å². The first-order valence-electron chi connectivity index (χ1n) is 1.76. The van der Waals surface area contributed by atoms with E-state index in [1.54, 1.807) is 0 Å². The second-order valence-electron chi connectivity index (χ2n) is 0.945. The number of rotatable bonds is 1. The summed E-state index contributed by atoms with van der Waals surface area (Å²) in [6, 6.07) is 0. The molecule has 1 aromatic rings. The van der Waals surface area contributed by atoms with E-state index >= 15 is 0 Å². The molecule has 40 valence electrons. The molecule has 1 aromatic heterocycles. The molecule has 1 rings (SSSR count). The predicted octanol–water partition coefficient (Wildman–Crippen LogP) is 1.48. The summed E-state index contributed by atoms with van der Waals surface area (Å²) in [6.45, 7) is 0. The van der Waals surface area contributed by atoms with Gasteiger partial charge in [-0.1, -0.05) is 4.49 Å². The van der Waals surface area contributed by atoms with Crippen molar-refractivity contribution in [2.45, 2.75) is 0 Å². The molecule has 8 heavy (non-hydrogen) atoms. The molecule has 0 unspecified atom stereocenters. The Morgan fingerprint density at radius 1 is 1.88 bits per heavy atom. The topological polar surface area (TPSA) is 74.5 Å². The molecule has 0 saturated carbocycles. The molecule has 0 fully saturated rings. The minimum Gasteiger partial charge on any atom is -0.146 e. The van der Waals surface area contributed by atoms with Gasteiger partial charge in [0, 0.05) is 4.91 Å². The van der Waals surface area contributed by atoms with Gasteiger partial charge in [0.1, 0.15) is 5.00 Å². The quantitative estimate of drug-likeness (QED) is 0.325. The molecular formula is C2HN5S. The van der Waals surface area contributed by atoms with E-state index in [1.165, 1.54) is 6.20 Å². The van der Waals surface area contributed by atoms with Crippen LogP contribution in [-0.4, -0.2) is 9.59 Å². The molecule has 0 bridgehead atoms. The molecule has 0 N–H and O–H groups in total. The molecule has 0 spiro atoms. The number of hydrogen-bond acceptors (Lipinski definition) is 4. The van der Waals surface area contributed by atoms with Gasteiger partial charge in [-0.05, 0) is 22.2 Å². The third-order valence-electron chi connectivity index (χ3n) is 0.493. The summed E-state index contributed by atoms with van der Waals surface area (Å²) in [6.07, 6.45) is 1.41. The summed E-state index contributed by atoms with van der Waals surface area (Å²) in [7, 11) is 0. The summed E-state index contributed by atoms with van der Waals surface area (Å²) >= 11 is 1.07. The van der Waals surface area contributed by atoms with Crippen molar-refractivity contribution in [1.29, 1.82) is 0 Å². The normalized spacial score (nSPS) is 8.00. The van der Waals surface area contributed by atoms with Gasteiger partial charge in [0.15, 0.2) is 0 Å². The monoisotopic (exact) mass is 127 g/mol. The lowest BCUT2D eigenvalue weighted by Gasteiger charge is -1.64. The lowest BCUT2D eigenvalue weighted by atomic mass is 10.9. The fourth-order valence-corrected chi connectivity index (χ4v) is 0.595. The van der Waals surface area contributed by atoms with E-state index in [0.29, 0.717) is 5.00 Å². The van der Waals surface area contributed by atoms with Crippen LogP contribution in [0.3, 0.4) is 0 Å². The fourth-order valence-electron chi connectivity index (χ4n) is 0.250. The summed E-state index contributed by atoms with van der Waals surface area (Å²) in [5, 5.41) is 7.18. The van der Waals surface area contributed by atoms with Gasteiger partial charge in [-0.15, -0.1) is 5.10 Å². The second-order valence-corrected chi connectivity index (χ2v) is 1.71. The summed E-state index contributed by atoms with van der Waals surface area (Å²) in [5.41, 5.74) is 7.85. The van der Waals surface area contributed by atoms with Crippen molar-refractivity contribution < 1.29 is 0 Å². The van der Waals surface area contributed by atoms with Crippen LogP contribution >= 0.6 is 11.5 Å². The molecule has 0 aliphatic carbocycles. The molecular weight excluding hydrogens is 126 g/mol. The Hall–Kier alpha value is -1.13. The largest absolute Gasteiger partial charge is 0.146 e. The van der Waals surface area contributed by atoms with Crippen LogP contribution < -0.4 is 0 Å². The zero-order chi connectivity index (χ0) is 5.82. The van der Waals surface area contributed by atoms with Crippen LogP contribution in [0, 0.1) is 0 Å². The van der Waals surface area contributed by atoms with Crippen LogP contribution in [0.25, 0.3) is 10.4 Å². The maximum atomic E-state index is 7.85. The molecule has 0 aliphatic rings. The Labute approximate surface area is 48.8 Å². The highest BCUT2D eigenvalue weighted by Gasteiger charge is 1.85. The van der Waals surface area contributed by atoms with Crippen LogP contribution in [0.5, 0.6) is 0 Å². The van der Waals surface area contributed by atoms with E-state index in [2.05, 4.69) is 19.6 Å². The first-order chi connectivity index (χ1) is 3.93. The molecule has 6 heteroatoms. The fraction of sp³-hybridized carbons (Fsp3) is 0. The van der Waals surface area contributed by atoms with Crippen molar-refractivity contribution in [1.82, 2.24) is 9.59 Å². The van der Waals surface area contributed by atoms with Gasteiger partial charge in [0.25, 0.3) is 0 Å². The SMILES string of the molecule is [N-]=[N+]=Nc1cnns1. The van der Waals surface area contributed by atoms with E-state index < -0.39 is 0 Å². The third-order valence-corrected chi connectivity index (χ3v) is 1.04. The van der Waals surface area contributed by atoms with Gasteiger partial charge >= 0.3 is 0 Å². The van der Waals surface area contributed by atoms with Gasteiger partial charge in [-0.2, -0.15) is 0 Å². The molecule has 1 heterocycles. The Kier molecular flexibility index (Phi) is 1.41. The maximum absolute atomic E-state index is 7.85. The van der Waals surface area contributed by atoms with E-state index in [-0.39, 0.29) is 0 Å². The van der Waals surface area contributed by atoms with Crippen molar-refractivity contribution in [3.63, 3.8) is 0 Å². The summed E-state index contributed by atoms with van der Waals surface area (Å²) in [4.78, 5) is 2.53. The number of hydrogen-bond donors (Lipinski definition) is 0. The Morgan fingerprint density at radius 2 is 2.75 bits per heavy atom. The highest BCUT2D eigenvalue weighted by molar-refractivity contribution is 7.09. The second kappa shape index (κ2) is 2.25. The molecule has 0 atom stereocenters. The average molecular weight is 127 g/mol. The van der Waals surface area contributed by atoms with Crippen LogP contribution in [0.15, 0.2) is 11.3 Å². The standard InChI is InChI=1S/C2HN5S/c3-6-5-2-1-4-7-8-2/h1H. The Bertz CT molecular complexity index is 196. The molecule has 0 saturated heterocycles. The number of azide groups is 1. The van der Waals surface area contributed by atoms with Crippen molar-refractivity contribution >= 4 is 16.5 Å². The van der Waals surface area contributed by atoms with E-state index in [1.807, 2.05) is 0 Å².